The van der Waals surface area contributed by atoms with E-state index in [0.717, 1.165) is 5.56 Å². The van der Waals surface area contributed by atoms with Gasteiger partial charge in [0, 0.05) is 24.9 Å². The number of aromatic amines is 1. The van der Waals surface area contributed by atoms with Gasteiger partial charge in [0.1, 0.15) is 12.1 Å². The first-order valence-corrected chi connectivity index (χ1v) is 5.92. The first-order valence-electron chi connectivity index (χ1n) is 5.92. The summed E-state index contributed by atoms with van der Waals surface area (Å²) in [6.45, 7) is 0.564. The molecule has 3 heterocycles. The van der Waals surface area contributed by atoms with E-state index in [-0.39, 0.29) is 5.69 Å². The lowest BCUT2D eigenvalue weighted by Crippen LogP contribution is -2.10. The molecule has 20 heavy (non-hydrogen) atoms. The molecule has 3 aromatic rings. The fourth-order valence-electron chi connectivity index (χ4n) is 1.74. The summed E-state index contributed by atoms with van der Waals surface area (Å²) in [6.07, 6.45) is 3.15. The third kappa shape index (κ3) is 2.30. The van der Waals surface area contributed by atoms with Crippen LogP contribution in [0.15, 0.2) is 35.5 Å². The van der Waals surface area contributed by atoms with Crippen LogP contribution in [0, 0.1) is 0 Å². The predicted octanol–water partition coefficient (Wildman–Crippen LogP) is 0.433. The molecule has 8 nitrogen and oxygen atoms in total. The van der Waals surface area contributed by atoms with Gasteiger partial charge in [-0.05, 0) is 5.56 Å². The Hall–Kier alpha value is -2.90. The molecule has 0 radical (unpaired) electrons. The van der Waals surface area contributed by atoms with E-state index < -0.39 is 0 Å². The normalized spacial score (nSPS) is 10.7. The van der Waals surface area contributed by atoms with Gasteiger partial charge >= 0.3 is 5.69 Å². The minimum atomic E-state index is -0.307. The van der Waals surface area contributed by atoms with Crippen molar-refractivity contribution in [3.63, 3.8) is 0 Å². The van der Waals surface area contributed by atoms with Gasteiger partial charge in [-0.1, -0.05) is 6.07 Å². The van der Waals surface area contributed by atoms with Gasteiger partial charge in [-0.3, -0.25) is 0 Å². The van der Waals surface area contributed by atoms with Crippen molar-refractivity contribution in [2.75, 3.05) is 12.4 Å². The lowest BCUT2D eigenvalue weighted by atomic mass is 10.3. The largest absolute Gasteiger partial charge is 0.481 e. The van der Waals surface area contributed by atoms with Crippen LogP contribution in [0.4, 0.5) is 5.82 Å². The number of pyridine rings is 1. The molecule has 0 atom stereocenters. The Balaban J connectivity index is 1.74. The lowest BCUT2D eigenvalue weighted by molar-refractivity contribution is 0.397. The molecule has 0 saturated heterocycles. The molecule has 0 amide bonds. The van der Waals surface area contributed by atoms with Crippen LogP contribution in [0.2, 0.25) is 0 Å². The van der Waals surface area contributed by atoms with Crippen LogP contribution in [0.1, 0.15) is 5.56 Å². The van der Waals surface area contributed by atoms with E-state index in [1.54, 1.807) is 25.4 Å². The molecule has 3 rings (SSSR count). The molecule has 0 saturated carbocycles. The SMILES string of the molecule is COc1ccc(CNc2cc3n[nH]c(=O)n3cn2)cn1. The topological polar surface area (TPSA) is 97.2 Å². The monoisotopic (exact) mass is 272 g/mol. The summed E-state index contributed by atoms with van der Waals surface area (Å²) in [5, 5.41) is 9.37. The van der Waals surface area contributed by atoms with E-state index in [1.807, 2.05) is 6.07 Å². The molecule has 0 aliphatic rings. The number of hydrogen-bond donors (Lipinski definition) is 2. The Bertz CT molecular complexity index is 776. The summed E-state index contributed by atoms with van der Waals surface area (Å²) < 4.78 is 6.33. The number of aromatic nitrogens is 5. The van der Waals surface area contributed by atoms with Crippen LogP contribution in [0.3, 0.4) is 0 Å². The third-order valence-electron chi connectivity index (χ3n) is 2.79. The first kappa shape index (κ1) is 12.2. The van der Waals surface area contributed by atoms with Gasteiger partial charge in [0.25, 0.3) is 0 Å². The first-order chi connectivity index (χ1) is 9.76. The lowest BCUT2D eigenvalue weighted by Gasteiger charge is -2.06. The maximum absolute atomic E-state index is 11.3. The fraction of sp³-hybridized carbons (Fsp3) is 0.167. The Morgan fingerprint density at radius 1 is 1.40 bits per heavy atom. The average Bonchev–Trinajstić information content (AvgIpc) is 2.87. The smallest absolute Gasteiger partial charge is 0.348 e. The van der Waals surface area contributed by atoms with E-state index in [1.165, 1.54) is 10.7 Å². The Labute approximate surface area is 113 Å². The summed E-state index contributed by atoms with van der Waals surface area (Å²) in [6, 6.07) is 5.40. The van der Waals surface area contributed by atoms with Crippen molar-refractivity contribution in [1.29, 1.82) is 0 Å². The Kier molecular flexibility index (Phi) is 3.04. The highest BCUT2D eigenvalue weighted by Gasteiger charge is 2.02. The highest BCUT2D eigenvalue weighted by Crippen LogP contribution is 2.09. The highest BCUT2D eigenvalue weighted by atomic mass is 16.5. The number of fused-ring (bicyclic) bond motifs is 1. The zero-order valence-electron chi connectivity index (χ0n) is 10.7. The predicted molar refractivity (Wildman–Crippen MR) is 71.7 cm³/mol. The van der Waals surface area contributed by atoms with E-state index in [4.69, 9.17) is 4.74 Å². The number of rotatable bonds is 4. The van der Waals surface area contributed by atoms with E-state index in [9.17, 15) is 4.79 Å². The molecule has 0 fully saturated rings. The maximum atomic E-state index is 11.3. The van der Waals surface area contributed by atoms with Gasteiger partial charge in [-0.15, -0.1) is 0 Å². The molecule has 3 aromatic heterocycles. The zero-order valence-corrected chi connectivity index (χ0v) is 10.7. The summed E-state index contributed by atoms with van der Waals surface area (Å²) in [4.78, 5) is 19.5. The van der Waals surface area contributed by atoms with Crippen molar-refractivity contribution in [2.24, 2.45) is 0 Å². The standard InChI is InChI=1S/C12H12N6O2/c1-20-11-3-2-8(6-14-11)5-13-9-4-10-16-17-12(19)18(10)7-15-9/h2-4,6-7,13H,5H2,1H3,(H,17,19). The summed E-state index contributed by atoms with van der Waals surface area (Å²) in [5.74, 6) is 1.21. The van der Waals surface area contributed by atoms with Gasteiger partial charge in [-0.25, -0.2) is 24.3 Å². The molecule has 0 spiro atoms. The van der Waals surface area contributed by atoms with Crippen molar-refractivity contribution < 1.29 is 4.74 Å². The maximum Gasteiger partial charge on any atom is 0.348 e. The van der Waals surface area contributed by atoms with Crippen molar-refractivity contribution >= 4 is 11.5 Å². The van der Waals surface area contributed by atoms with Crippen molar-refractivity contribution in [2.45, 2.75) is 6.54 Å². The van der Waals surface area contributed by atoms with Crippen molar-refractivity contribution in [3.8, 4) is 5.88 Å². The minimum Gasteiger partial charge on any atom is -0.481 e. The van der Waals surface area contributed by atoms with Crippen LogP contribution in [0.25, 0.3) is 5.65 Å². The second kappa shape index (κ2) is 5.00. The summed E-state index contributed by atoms with van der Waals surface area (Å²) in [7, 11) is 1.57. The molecular weight excluding hydrogens is 260 g/mol. The number of hydrogen-bond acceptors (Lipinski definition) is 6. The molecular formula is C12H12N6O2. The van der Waals surface area contributed by atoms with Crippen LogP contribution in [-0.2, 0) is 6.54 Å². The molecule has 0 aliphatic heterocycles. The number of nitrogens with zero attached hydrogens (tertiary/aromatic N) is 4. The molecule has 0 aromatic carbocycles. The molecule has 0 bridgehead atoms. The molecule has 8 heteroatoms. The van der Waals surface area contributed by atoms with E-state index in [2.05, 4.69) is 25.5 Å². The molecule has 0 aliphatic carbocycles. The second-order valence-corrected chi connectivity index (χ2v) is 4.09. The quantitative estimate of drug-likeness (QED) is 0.715. The van der Waals surface area contributed by atoms with Crippen LogP contribution >= 0.6 is 0 Å². The van der Waals surface area contributed by atoms with Gasteiger partial charge in [0.05, 0.1) is 7.11 Å². The van der Waals surface area contributed by atoms with Gasteiger partial charge in [0.2, 0.25) is 5.88 Å². The van der Waals surface area contributed by atoms with Crippen molar-refractivity contribution in [3.05, 3.63) is 46.8 Å². The molecule has 0 unspecified atom stereocenters. The second-order valence-electron chi connectivity index (χ2n) is 4.09. The third-order valence-corrected chi connectivity index (χ3v) is 2.79. The van der Waals surface area contributed by atoms with Gasteiger partial charge in [0.15, 0.2) is 5.65 Å². The molecule has 2 N–H and O–H groups in total. The number of anilines is 1. The van der Waals surface area contributed by atoms with Gasteiger partial charge in [-0.2, -0.15) is 5.10 Å². The van der Waals surface area contributed by atoms with Crippen LogP contribution < -0.4 is 15.7 Å². The van der Waals surface area contributed by atoms with E-state index >= 15 is 0 Å². The number of ether oxygens (including phenoxy) is 1. The Morgan fingerprint density at radius 3 is 3.05 bits per heavy atom. The number of H-pyrrole nitrogens is 1. The van der Waals surface area contributed by atoms with Gasteiger partial charge < -0.3 is 10.1 Å². The average molecular weight is 272 g/mol. The highest BCUT2D eigenvalue weighted by molar-refractivity contribution is 5.48. The number of nitrogens with one attached hydrogen (secondary N) is 2. The zero-order chi connectivity index (χ0) is 13.9. The Morgan fingerprint density at radius 2 is 2.30 bits per heavy atom. The fourth-order valence-corrected chi connectivity index (χ4v) is 1.74. The summed E-state index contributed by atoms with van der Waals surface area (Å²) in [5.41, 5.74) is 1.20. The van der Waals surface area contributed by atoms with E-state index in [0.29, 0.717) is 23.9 Å². The molecule has 102 valence electrons. The number of methoxy groups -OCH3 is 1. The van der Waals surface area contributed by atoms with Crippen LogP contribution in [-0.4, -0.2) is 31.7 Å². The summed E-state index contributed by atoms with van der Waals surface area (Å²) >= 11 is 0. The van der Waals surface area contributed by atoms with Crippen LogP contribution in [0.5, 0.6) is 5.88 Å². The minimum absolute atomic E-state index is 0.307. The van der Waals surface area contributed by atoms with Crippen molar-refractivity contribution in [1.82, 2.24) is 24.6 Å².